The maximum atomic E-state index is 10.7. The lowest BCUT2D eigenvalue weighted by molar-refractivity contribution is -0.528. The molecule has 1 aromatic heterocycles. The minimum atomic E-state index is -0.564. The average Bonchev–Trinajstić information content (AvgIpc) is 2.48. The minimum Gasteiger partial charge on any atom is -0.361 e. The van der Waals surface area contributed by atoms with E-state index in [1.54, 1.807) is 0 Å². The fourth-order valence-electron chi connectivity index (χ4n) is 1.76. The number of aromatic amines is 1. The zero-order valence-corrected chi connectivity index (χ0v) is 7.28. The summed E-state index contributed by atoms with van der Waals surface area (Å²) in [7, 11) is 0. The number of nitrogens with zero attached hydrogens (tertiary/aromatic N) is 1. The molecule has 1 unspecified atom stereocenters. The number of hydrogen-bond donors (Lipinski definition) is 1. The Morgan fingerprint density at radius 2 is 2.46 bits per heavy atom. The van der Waals surface area contributed by atoms with E-state index in [4.69, 9.17) is 0 Å². The van der Waals surface area contributed by atoms with Gasteiger partial charge in [0.25, 0.3) is 0 Å². The number of fused-ring (bicyclic) bond motifs is 1. The molecule has 1 heterocycles. The van der Waals surface area contributed by atoms with Crippen LogP contribution in [0.25, 0.3) is 6.08 Å². The second kappa shape index (κ2) is 2.73. The third kappa shape index (κ3) is 1.14. The molecule has 13 heavy (non-hydrogen) atoms. The maximum Gasteiger partial charge on any atom is 0.243 e. The molecule has 0 aliphatic heterocycles. The van der Waals surface area contributed by atoms with Gasteiger partial charge in [-0.2, -0.15) is 0 Å². The Kier molecular flexibility index (Phi) is 1.69. The van der Waals surface area contributed by atoms with Gasteiger partial charge in [0.2, 0.25) is 6.04 Å². The van der Waals surface area contributed by atoms with Crippen LogP contribution < -0.4 is 0 Å². The summed E-state index contributed by atoms with van der Waals surface area (Å²) in [4.78, 5) is 13.5. The molecule has 0 radical (unpaired) electrons. The molecule has 4 nitrogen and oxygen atoms in total. The molecule has 0 fully saturated rings. The van der Waals surface area contributed by atoms with E-state index in [1.807, 2.05) is 25.3 Å². The Morgan fingerprint density at radius 3 is 3.15 bits per heavy atom. The van der Waals surface area contributed by atoms with Gasteiger partial charge in [0, 0.05) is 23.2 Å². The van der Waals surface area contributed by atoms with Gasteiger partial charge < -0.3 is 4.98 Å². The fraction of sp³-hybridized carbons (Fsp3) is 0.333. The van der Waals surface area contributed by atoms with E-state index in [0.29, 0.717) is 6.42 Å². The molecular formula is C9H10N2O2. The third-order valence-corrected chi connectivity index (χ3v) is 2.39. The van der Waals surface area contributed by atoms with E-state index in [1.165, 1.54) is 0 Å². The van der Waals surface area contributed by atoms with Crippen molar-refractivity contribution in [2.45, 2.75) is 19.4 Å². The highest BCUT2D eigenvalue weighted by Crippen LogP contribution is 2.31. The number of nitrogens with one attached hydrogen (secondary N) is 1. The van der Waals surface area contributed by atoms with Crippen molar-refractivity contribution in [1.29, 1.82) is 0 Å². The van der Waals surface area contributed by atoms with E-state index >= 15 is 0 Å². The maximum absolute atomic E-state index is 10.7. The molecule has 1 N–H and O–H groups in total. The monoisotopic (exact) mass is 178 g/mol. The summed E-state index contributed by atoms with van der Waals surface area (Å²) in [6, 6.07) is -0.564. The fourth-order valence-corrected chi connectivity index (χ4v) is 1.76. The molecule has 0 saturated heterocycles. The predicted octanol–water partition coefficient (Wildman–Crippen LogP) is 2.06. The average molecular weight is 178 g/mol. The van der Waals surface area contributed by atoms with Gasteiger partial charge >= 0.3 is 0 Å². The molecule has 4 heteroatoms. The Morgan fingerprint density at radius 1 is 1.69 bits per heavy atom. The van der Waals surface area contributed by atoms with Crippen molar-refractivity contribution in [3.63, 3.8) is 0 Å². The SMILES string of the molecule is Cc1c[nH]c2c1C([N+](=O)[O-])CC=C2. The Labute approximate surface area is 75.4 Å². The topological polar surface area (TPSA) is 58.9 Å². The smallest absolute Gasteiger partial charge is 0.243 e. The minimum absolute atomic E-state index is 0.219. The zero-order valence-electron chi connectivity index (χ0n) is 7.28. The van der Waals surface area contributed by atoms with Crippen LogP contribution in [-0.4, -0.2) is 9.91 Å². The summed E-state index contributed by atoms with van der Waals surface area (Å²) in [5.74, 6) is 0. The first kappa shape index (κ1) is 8.04. The highest BCUT2D eigenvalue weighted by Gasteiger charge is 2.29. The first-order valence-electron chi connectivity index (χ1n) is 4.18. The number of aromatic nitrogens is 1. The van der Waals surface area contributed by atoms with Crippen LogP contribution in [0.1, 0.15) is 29.3 Å². The molecule has 1 aliphatic rings. The quantitative estimate of drug-likeness (QED) is 0.528. The first-order valence-corrected chi connectivity index (χ1v) is 4.18. The van der Waals surface area contributed by atoms with Crippen LogP contribution in [0, 0.1) is 17.0 Å². The van der Waals surface area contributed by atoms with E-state index in [0.717, 1.165) is 16.8 Å². The number of nitro groups is 1. The Bertz CT molecular complexity index is 379. The van der Waals surface area contributed by atoms with Gasteiger partial charge in [-0.1, -0.05) is 6.08 Å². The van der Waals surface area contributed by atoms with Gasteiger partial charge in [0.1, 0.15) is 0 Å². The zero-order chi connectivity index (χ0) is 9.42. The first-order chi connectivity index (χ1) is 6.20. The summed E-state index contributed by atoms with van der Waals surface area (Å²) >= 11 is 0. The number of H-pyrrole nitrogens is 1. The molecular weight excluding hydrogens is 168 g/mol. The summed E-state index contributed by atoms with van der Waals surface area (Å²) in [5.41, 5.74) is 2.69. The van der Waals surface area contributed by atoms with Crippen LogP contribution in [0.4, 0.5) is 0 Å². The van der Waals surface area contributed by atoms with Crippen LogP contribution in [0.5, 0.6) is 0 Å². The highest BCUT2D eigenvalue weighted by molar-refractivity contribution is 5.55. The predicted molar refractivity (Wildman–Crippen MR) is 48.9 cm³/mol. The molecule has 1 aromatic rings. The summed E-state index contributed by atoms with van der Waals surface area (Å²) in [5, 5.41) is 10.7. The normalized spacial score (nSPS) is 19.9. The van der Waals surface area contributed by atoms with E-state index in [2.05, 4.69) is 4.98 Å². The molecule has 0 bridgehead atoms. The van der Waals surface area contributed by atoms with Gasteiger partial charge in [0.05, 0.1) is 5.56 Å². The number of rotatable bonds is 1. The van der Waals surface area contributed by atoms with E-state index in [-0.39, 0.29) is 4.92 Å². The van der Waals surface area contributed by atoms with Gasteiger partial charge in [-0.05, 0) is 18.6 Å². The van der Waals surface area contributed by atoms with Crippen molar-refractivity contribution in [1.82, 2.24) is 4.98 Å². The van der Waals surface area contributed by atoms with Crippen LogP contribution >= 0.6 is 0 Å². The highest BCUT2D eigenvalue weighted by atomic mass is 16.6. The third-order valence-electron chi connectivity index (χ3n) is 2.39. The molecule has 0 saturated carbocycles. The molecule has 1 aliphatic carbocycles. The van der Waals surface area contributed by atoms with Crippen molar-refractivity contribution < 1.29 is 4.92 Å². The molecule has 68 valence electrons. The van der Waals surface area contributed by atoms with Crippen molar-refractivity contribution >= 4 is 6.08 Å². The molecule has 0 amide bonds. The van der Waals surface area contributed by atoms with Crippen LogP contribution in [0.2, 0.25) is 0 Å². The largest absolute Gasteiger partial charge is 0.361 e. The second-order valence-corrected chi connectivity index (χ2v) is 3.24. The lowest BCUT2D eigenvalue weighted by Crippen LogP contribution is -2.13. The van der Waals surface area contributed by atoms with Crippen LogP contribution in [0.15, 0.2) is 12.3 Å². The molecule has 2 rings (SSSR count). The standard InChI is InChI=1S/C9H10N2O2/c1-6-5-10-7-3-2-4-8(9(6)7)11(12)13/h2-3,5,8,10H,4H2,1H3. The van der Waals surface area contributed by atoms with Gasteiger partial charge in [-0.15, -0.1) is 0 Å². The van der Waals surface area contributed by atoms with E-state index in [9.17, 15) is 10.1 Å². The lowest BCUT2D eigenvalue weighted by atomic mass is 9.96. The second-order valence-electron chi connectivity index (χ2n) is 3.24. The number of aryl methyl sites for hydroxylation is 1. The summed E-state index contributed by atoms with van der Waals surface area (Å²) < 4.78 is 0. The number of hydrogen-bond acceptors (Lipinski definition) is 2. The van der Waals surface area contributed by atoms with Crippen molar-refractivity contribution in [3.05, 3.63) is 39.2 Å². The van der Waals surface area contributed by atoms with Gasteiger partial charge in [0.15, 0.2) is 0 Å². The van der Waals surface area contributed by atoms with Crippen molar-refractivity contribution in [2.75, 3.05) is 0 Å². The summed E-state index contributed by atoms with van der Waals surface area (Å²) in [6.07, 6.45) is 6.06. The van der Waals surface area contributed by atoms with Crippen LogP contribution in [0.3, 0.4) is 0 Å². The molecule has 1 atom stereocenters. The molecule has 0 spiro atoms. The lowest BCUT2D eigenvalue weighted by Gasteiger charge is -2.12. The van der Waals surface area contributed by atoms with E-state index < -0.39 is 6.04 Å². The Balaban J connectivity index is 2.52. The van der Waals surface area contributed by atoms with Crippen molar-refractivity contribution in [2.24, 2.45) is 0 Å². The molecule has 0 aromatic carbocycles. The van der Waals surface area contributed by atoms with Gasteiger partial charge in [-0.25, -0.2) is 0 Å². The van der Waals surface area contributed by atoms with Gasteiger partial charge in [-0.3, -0.25) is 10.1 Å². The van der Waals surface area contributed by atoms with Crippen LogP contribution in [-0.2, 0) is 0 Å². The Hall–Kier alpha value is -1.58. The van der Waals surface area contributed by atoms with Crippen molar-refractivity contribution in [3.8, 4) is 0 Å². The summed E-state index contributed by atoms with van der Waals surface area (Å²) in [6.45, 7) is 1.89.